The predicted octanol–water partition coefficient (Wildman–Crippen LogP) is 3.89. The number of carboxylic acid groups (broad SMARTS) is 1. The Morgan fingerprint density at radius 1 is 1.50 bits per heavy atom. The number of rotatable bonds is 4. The average molecular weight is 317 g/mol. The predicted molar refractivity (Wildman–Crippen MR) is 77.9 cm³/mol. The molecule has 0 aliphatic carbocycles. The zero-order chi connectivity index (χ0) is 14.9. The number of fused-ring (bicyclic) bond motifs is 1. The SMILES string of the molecule is CC(C)COc1c(Cl)cc2c(c1Cl)C=C(C(=O)O)CO2. The molecule has 0 aromatic heterocycles. The van der Waals surface area contributed by atoms with Gasteiger partial charge < -0.3 is 14.6 Å². The summed E-state index contributed by atoms with van der Waals surface area (Å²) in [4.78, 5) is 11.0. The standard InChI is InChI=1S/C14H14Cl2O4/c1-7(2)5-20-13-10(15)4-11-9(12(13)16)3-8(6-19-11)14(17)18/h3-4,7H,5-6H2,1-2H3,(H,17,18). The molecule has 0 unspecified atom stereocenters. The second-order valence-electron chi connectivity index (χ2n) is 4.88. The molecular weight excluding hydrogens is 303 g/mol. The lowest BCUT2D eigenvalue weighted by molar-refractivity contribution is -0.132. The maximum Gasteiger partial charge on any atom is 0.335 e. The van der Waals surface area contributed by atoms with E-state index in [0.717, 1.165) is 0 Å². The largest absolute Gasteiger partial charge is 0.490 e. The van der Waals surface area contributed by atoms with Gasteiger partial charge in [-0.25, -0.2) is 4.79 Å². The molecule has 1 N–H and O–H groups in total. The van der Waals surface area contributed by atoms with E-state index < -0.39 is 5.97 Å². The van der Waals surface area contributed by atoms with Gasteiger partial charge in [-0.2, -0.15) is 0 Å². The van der Waals surface area contributed by atoms with E-state index in [4.69, 9.17) is 37.8 Å². The van der Waals surface area contributed by atoms with Gasteiger partial charge in [-0.1, -0.05) is 37.0 Å². The van der Waals surface area contributed by atoms with Crippen LogP contribution >= 0.6 is 23.2 Å². The van der Waals surface area contributed by atoms with Crippen molar-refractivity contribution in [3.8, 4) is 11.5 Å². The maximum atomic E-state index is 11.0. The Bertz CT molecular complexity index is 579. The van der Waals surface area contributed by atoms with Gasteiger partial charge in [0.25, 0.3) is 0 Å². The summed E-state index contributed by atoms with van der Waals surface area (Å²) in [5, 5.41) is 9.62. The van der Waals surface area contributed by atoms with Gasteiger partial charge in [0.05, 0.1) is 22.2 Å². The van der Waals surface area contributed by atoms with Gasteiger partial charge >= 0.3 is 5.97 Å². The lowest BCUT2D eigenvalue weighted by atomic mass is 10.1. The molecule has 1 aromatic carbocycles. The van der Waals surface area contributed by atoms with E-state index in [0.29, 0.717) is 34.6 Å². The van der Waals surface area contributed by atoms with Crippen molar-refractivity contribution in [3.05, 3.63) is 27.2 Å². The van der Waals surface area contributed by atoms with E-state index in [1.54, 1.807) is 6.07 Å². The molecule has 108 valence electrons. The Morgan fingerprint density at radius 2 is 2.20 bits per heavy atom. The summed E-state index contributed by atoms with van der Waals surface area (Å²) in [5.41, 5.74) is 0.620. The van der Waals surface area contributed by atoms with Gasteiger partial charge in [0, 0.05) is 11.6 Å². The van der Waals surface area contributed by atoms with Gasteiger partial charge in [0.15, 0.2) is 5.75 Å². The molecule has 2 rings (SSSR count). The quantitative estimate of drug-likeness (QED) is 0.915. The summed E-state index contributed by atoms with van der Waals surface area (Å²) in [6, 6.07) is 1.59. The maximum absolute atomic E-state index is 11.0. The minimum Gasteiger partial charge on any atom is -0.490 e. The third kappa shape index (κ3) is 3.02. The van der Waals surface area contributed by atoms with E-state index >= 15 is 0 Å². The Morgan fingerprint density at radius 3 is 2.80 bits per heavy atom. The van der Waals surface area contributed by atoms with Crippen molar-refractivity contribution in [1.29, 1.82) is 0 Å². The molecule has 20 heavy (non-hydrogen) atoms. The third-order valence-electron chi connectivity index (χ3n) is 2.71. The Balaban J connectivity index is 2.44. The highest BCUT2D eigenvalue weighted by Gasteiger charge is 2.23. The van der Waals surface area contributed by atoms with Gasteiger partial charge in [-0.05, 0) is 12.0 Å². The molecule has 1 heterocycles. The monoisotopic (exact) mass is 316 g/mol. The number of aliphatic carboxylic acids is 1. The summed E-state index contributed by atoms with van der Waals surface area (Å²) < 4.78 is 11.0. The number of hydrogen-bond acceptors (Lipinski definition) is 3. The molecule has 0 saturated carbocycles. The van der Waals surface area contributed by atoms with Crippen molar-refractivity contribution < 1.29 is 19.4 Å². The van der Waals surface area contributed by atoms with Gasteiger partial charge in [-0.15, -0.1) is 0 Å². The van der Waals surface area contributed by atoms with E-state index in [2.05, 4.69) is 0 Å². The van der Waals surface area contributed by atoms with Crippen LogP contribution in [0.5, 0.6) is 11.5 Å². The minimum atomic E-state index is -1.04. The molecule has 0 saturated heterocycles. The van der Waals surface area contributed by atoms with Crippen molar-refractivity contribution in [2.75, 3.05) is 13.2 Å². The first kappa shape index (κ1) is 15.0. The lowest BCUT2D eigenvalue weighted by Gasteiger charge is -2.20. The van der Waals surface area contributed by atoms with Crippen LogP contribution in [0.2, 0.25) is 10.0 Å². The van der Waals surface area contributed by atoms with Crippen molar-refractivity contribution in [3.63, 3.8) is 0 Å². The molecule has 0 atom stereocenters. The van der Waals surface area contributed by atoms with Crippen molar-refractivity contribution in [2.24, 2.45) is 5.92 Å². The Labute approximate surface area is 126 Å². The van der Waals surface area contributed by atoms with E-state index in [9.17, 15) is 4.79 Å². The molecule has 1 aromatic rings. The van der Waals surface area contributed by atoms with Crippen LogP contribution in [0, 0.1) is 5.92 Å². The molecule has 1 aliphatic heterocycles. The number of ether oxygens (including phenoxy) is 2. The third-order valence-corrected chi connectivity index (χ3v) is 3.37. The van der Waals surface area contributed by atoms with Gasteiger partial charge in [0.2, 0.25) is 0 Å². The van der Waals surface area contributed by atoms with Crippen LogP contribution in [0.1, 0.15) is 19.4 Å². The van der Waals surface area contributed by atoms with Crippen molar-refractivity contribution in [2.45, 2.75) is 13.8 Å². The molecule has 0 amide bonds. The molecule has 0 radical (unpaired) electrons. The first-order valence-corrected chi connectivity index (χ1v) is 6.87. The van der Waals surface area contributed by atoms with Crippen LogP contribution in [-0.4, -0.2) is 24.3 Å². The molecule has 1 aliphatic rings. The van der Waals surface area contributed by atoms with Crippen LogP contribution < -0.4 is 9.47 Å². The summed E-state index contributed by atoms with van der Waals surface area (Å²) >= 11 is 12.4. The summed E-state index contributed by atoms with van der Waals surface area (Å²) in [5.74, 6) is 0.0972. The number of hydrogen-bond donors (Lipinski definition) is 1. The number of halogens is 2. The average Bonchev–Trinajstić information content (AvgIpc) is 2.37. The fraction of sp³-hybridized carbons (Fsp3) is 0.357. The van der Waals surface area contributed by atoms with Crippen LogP contribution in [-0.2, 0) is 4.79 Å². The zero-order valence-electron chi connectivity index (χ0n) is 11.1. The summed E-state index contributed by atoms with van der Waals surface area (Å²) in [6.45, 7) is 4.47. The fourth-order valence-electron chi connectivity index (χ4n) is 1.72. The Hall–Kier alpha value is -1.39. The van der Waals surface area contributed by atoms with Crippen LogP contribution in [0.3, 0.4) is 0 Å². The van der Waals surface area contributed by atoms with Crippen molar-refractivity contribution >= 4 is 35.2 Å². The van der Waals surface area contributed by atoms with E-state index in [-0.39, 0.29) is 17.2 Å². The first-order valence-electron chi connectivity index (χ1n) is 6.11. The normalized spacial score (nSPS) is 13.6. The van der Waals surface area contributed by atoms with Gasteiger partial charge in [0.1, 0.15) is 12.4 Å². The number of benzene rings is 1. The lowest BCUT2D eigenvalue weighted by Crippen LogP contribution is -2.15. The number of carbonyl (C=O) groups is 1. The Kier molecular flexibility index (Phi) is 4.45. The second-order valence-corrected chi connectivity index (χ2v) is 5.67. The van der Waals surface area contributed by atoms with E-state index in [1.807, 2.05) is 13.8 Å². The topological polar surface area (TPSA) is 55.8 Å². The minimum absolute atomic E-state index is 0.0127. The summed E-state index contributed by atoms with van der Waals surface area (Å²) in [6.07, 6.45) is 1.49. The second kappa shape index (κ2) is 5.94. The zero-order valence-corrected chi connectivity index (χ0v) is 12.6. The van der Waals surface area contributed by atoms with Crippen LogP contribution in [0.15, 0.2) is 11.6 Å². The highest BCUT2D eigenvalue weighted by atomic mass is 35.5. The molecule has 4 nitrogen and oxygen atoms in total. The smallest absolute Gasteiger partial charge is 0.335 e. The van der Waals surface area contributed by atoms with Crippen LogP contribution in [0.25, 0.3) is 6.08 Å². The van der Waals surface area contributed by atoms with E-state index in [1.165, 1.54) is 6.08 Å². The first-order chi connectivity index (χ1) is 9.40. The highest BCUT2D eigenvalue weighted by molar-refractivity contribution is 6.38. The molecule has 0 spiro atoms. The van der Waals surface area contributed by atoms with Crippen LogP contribution in [0.4, 0.5) is 0 Å². The summed E-state index contributed by atoms with van der Waals surface area (Å²) in [7, 11) is 0. The molecule has 0 fully saturated rings. The fourth-order valence-corrected chi connectivity index (χ4v) is 2.33. The number of carboxylic acids is 1. The highest BCUT2D eigenvalue weighted by Crippen LogP contribution is 2.43. The molecule has 6 heteroatoms. The molecular formula is C14H14Cl2O4. The van der Waals surface area contributed by atoms with Gasteiger partial charge in [-0.3, -0.25) is 0 Å². The van der Waals surface area contributed by atoms with Crippen molar-refractivity contribution in [1.82, 2.24) is 0 Å². The molecule has 0 bridgehead atoms.